The monoisotopic (exact) mass is 498 g/mol. The van der Waals surface area contributed by atoms with Gasteiger partial charge in [-0.3, -0.25) is 0 Å². The van der Waals surface area contributed by atoms with Crippen molar-refractivity contribution in [3.63, 3.8) is 0 Å². The molecule has 0 fully saturated rings. The summed E-state index contributed by atoms with van der Waals surface area (Å²) < 4.78 is 41.4. The molecule has 194 valence electrons. The van der Waals surface area contributed by atoms with E-state index in [2.05, 4.69) is 0 Å². The Kier molecular flexibility index (Phi) is 11.7. The van der Waals surface area contributed by atoms with Crippen LogP contribution < -0.4 is 9.47 Å². The van der Waals surface area contributed by atoms with E-state index in [1.165, 1.54) is 0 Å². The van der Waals surface area contributed by atoms with Crippen molar-refractivity contribution in [1.29, 1.82) is 0 Å². The van der Waals surface area contributed by atoms with Gasteiger partial charge < -0.3 is 19.7 Å². The molecule has 6 heteroatoms. The van der Waals surface area contributed by atoms with E-state index in [0.29, 0.717) is 35.8 Å². The molecule has 0 bridgehead atoms. The molecule has 4 nitrogen and oxygen atoms in total. The summed E-state index contributed by atoms with van der Waals surface area (Å²) in [6, 6.07) is 17.2. The quantitative estimate of drug-likeness (QED) is 0.206. The molecular weight excluding hydrogens is 462 g/mol. The van der Waals surface area contributed by atoms with E-state index in [4.69, 9.17) is 19.7 Å². The van der Waals surface area contributed by atoms with Gasteiger partial charge in [0.25, 0.3) is 0 Å². The van der Waals surface area contributed by atoms with Crippen molar-refractivity contribution in [3.05, 3.63) is 72.3 Å². The summed E-state index contributed by atoms with van der Waals surface area (Å²) >= 11 is 0. The minimum Gasteiger partial charge on any atom is -0.494 e. The second-order valence-electron chi connectivity index (χ2n) is 8.81. The van der Waals surface area contributed by atoms with Gasteiger partial charge in [0.1, 0.15) is 11.5 Å². The fourth-order valence-corrected chi connectivity index (χ4v) is 3.97. The minimum atomic E-state index is -0.881. The predicted molar refractivity (Wildman–Crippen MR) is 139 cm³/mol. The van der Waals surface area contributed by atoms with Crippen molar-refractivity contribution in [1.82, 2.24) is 0 Å². The van der Waals surface area contributed by atoms with E-state index < -0.39 is 11.6 Å². The molecular formula is C30H36F2O4. The van der Waals surface area contributed by atoms with Gasteiger partial charge in [0.2, 0.25) is 0 Å². The Bertz CT molecular complexity index is 952. The Labute approximate surface area is 212 Å². The number of unbranched alkanes of at least 4 members (excludes halogenated alkanes) is 6. The molecule has 3 aromatic rings. The van der Waals surface area contributed by atoms with E-state index in [1.807, 2.05) is 0 Å². The van der Waals surface area contributed by atoms with Crippen molar-refractivity contribution in [2.24, 2.45) is 0 Å². The third-order valence-electron chi connectivity index (χ3n) is 6.06. The van der Waals surface area contributed by atoms with Crippen LogP contribution in [0.2, 0.25) is 0 Å². The average molecular weight is 499 g/mol. The van der Waals surface area contributed by atoms with E-state index in [1.54, 1.807) is 60.7 Å². The van der Waals surface area contributed by atoms with Crippen LogP contribution in [0.4, 0.5) is 8.78 Å². The molecule has 2 N–H and O–H groups in total. The summed E-state index contributed by atoms with van der Waals surface area (Å²) in [6.07, 6.45) is 7.37. The molecule has 0 unspecified atom stereocenters. The molecule has 36 heavy (non-hydrogen) atoms. The van der Waals surface area contributed by atoms with Gasteiger partial charge in [0.15, 0.2) is 11.6 Å². The molecule has 0 amide bonds. The molecule has 0 aliphatic rings. The zero-order valence-corrected chi connectivity index (χ0v) is 20.7. The number of halogens is 2. The smallest absolute Gasteiger partial charge is 0.167 e. The van der Waals surface area contributed by atoms with Gasteiger partial charge in [-0.15, -0.1) is 0 Å². The summed E-state index contributed by atoms with van der Waals surface area (Å²) in [5.74, 6) is -0.390. The van der Waals surface area contributed by atoms with Crippen LogP contribution in [0, 0.1) is 11.6 Å². The van der Waals surface area contributed by atoms with Crippen molar-refractivity contribution < 1.29 is 28.5 Å². The number of aliphatic hydroxyl groups is 2. The first-order valence-corrected chi connectivity index (χ1v) is 12.8. The average Bonchev–Trinajstić information content (AvgIpc) is 2.91. The summed E-state index contributed by atoms with van der Waals surface area (Å²) in [6.45, 7) is 1.60. The molecule has 0 saturated carbocycles. The van der Waals surface area contributed by atoms with Crippen molar-refractivity contribution in [2.45, 2.75) is 51.4 Å². The lowest BCUT2D eigenvalue weighted by atomic mass is 9.98. The van der Waals surface area contributed by atoms with Crippen LogP contribution in [0.5, 0.6) is 11.5 Å². The van der Waals surface area contributed by atoms with Crippen LogP contribution in [-0.2, 0) is 0 Å². The lowest BCUT2D eigenvalue weighted by molar-refractivity contribution is 0.273. The Balaban J connectivity index is 1.57. The van der Waals surface area contributed by atoms with Gasteiger partial charge in [-0.05, 0) is 73.9 Å². The summed E-state index contributed by atoms with van der Waals surface area (Å²) in [5, 5.41) is 17.6. The van der Waals surface area contributed by atoms with Crippen molar-refractivity contribution >= 4 is 0 Å². The lowest BCUT2D eigenvalue weighted by Crippen LogP contribution is -1.98. The minimum absolute atomic E-state index is 0.202. The molecule has 0 radical (unpaired) electrons. The highest BCUT2D eigenvalue weighted by atomic mass is 19.2. The van der Waals surface area contributed by atoms with Gasteiger partial charge in [-0.2, -0.15) is 0 Å². The van der Waals surface area contributed by atoms with Crippen LogP contribution >= 0.6 is 0 Å². The number of hydrogen-bond donors (Lipinski definition) is 2. The van der Waals surface area contributed by atoms with Gasteiger partial charge in [-0.1, -0.05) is 49.2 Å². The first-order valence-electron chi connectivity index (χ1n) is 12.8. The fourth-order valence-electron chi connectivity index (χ4n) is 3.97. The van der Waals surface area contributed by atoms with Gasteiger partial charge >= 0.3 is 0 Å². The first-order chi connectivity index (χ1) is 17.6. The van der Waals surface area contributed by atoms with E-state index in [-0.39, 0.29) is 24.3 Å². The van der Waals surface area contributed by atoms with Crippen LogP contribution in [0.1, 0.15) is 51.4 Å². The zero-order chi connectivity index (χ0) is 25.6. The zero-order valence-electron chi connectivity index (χ0n) is 20.7. The Hall–Kier alpha value is -2.96. The Morgan fingerprint density at radius 3 is 1.19 bits per heavy atom. The molecule has 0 saturated heterocycles. The van der Waals surface area contributed by atoms with E-state index in [9.17, 15) is 8.78 Å². The van der Waals surface area contributed by atoms with E-state index >= 15 is 0 Å². The van der Waals surface area contributed by atoms with Crippen LogP contribution in [-0.4, -0.2) is 36.6 Å². The summed E-state index contributed by atoms with van der Waals surface area (Å²) in [7, 11) is 0. The third-order valence-corrected chi connectivity index (χ3v) is 6.06. The molecule has 0 spiro atoms. The van der Waals surface area contributed by atoms with Gasteiger partial charge in [0.05, 0.1) is 13.2 Å². The number of benzene rings is 3. The van der Waals surface area contributed by atoms with Gasteiger partial charge in [0, 0.05) is 24.3 Å². The third kappa shape index (κ3) is 8.32. The molecule has 3 aromatic carbocycles. The highest BCUT2D eigenvalue weighted by molar-refractivity contribution is 5.72. The molecule has 0 atom stereocenters. The maximum absolute atomic E-state index is 15.0. The Morgan fingerprint density at radius 1 is 0.472 bits per heavy atom. The maximum atomic E-state index is 15.0. The van der Waals surface area contributed by atoms with Crippen LogP contribution in [0.15, 0.2) is 60.7 Å². The highest BCUT2D eigenvalue weighted by Gasteiger charge is 2.16. The normalized spacial score (nSPS) is 11.0. The molecule has 0 aliphatic carbocycles. The van der Waals surface area contributed by atoms with Crippen molar-refractivity contribution in [2.75, 3.05) is 26.4 Å². The number of hydrogen-bond acceptors (Lipinski definition) is 4. The Morgan fingerprint density at radius 2 is 0.833 bits per heavy atom. The SMILES string of the molecule is OCCCCCCOc1ccc(-c2ccc(-c3ccc(OCCCCCCO)cc3)c(F)c2F)cc1. The largest absolute Gasteiger partial charge is 0.494 e. The second kappa shape index (κ2) is 15.2. The maximum Gasteiger partial charge on any atom is 0.167 e. The lowest BCUT2D eigenvalue weighted by Gasteiger charge is -2.11. The molecule has 3 rings (SSSR count). The molecule has 0 aliphatic heterocycles. The highest BCUT2D eigenvalue weighted by Crippen LogP contribution is 2.33. The predicted octanol–water partition coefficient (Wildman–Crippen LogP) is 7.16. The second-order valence-corrected chi connectivity index (χ2v) is 8.81. The van der Waals surface area contributed by atoms with Gasteiger partial charge in [-0.25, -0.2) is 8.78 Å². The molecule has 0 aromatic heterocycles. The summed E-state index contributed by atoms with van der Waals surface area (Å²) in [4.78, 5) is 0. The first kappa shape index (κ1) is 27.6. The van der Waals surface area contributed by atoms with E-state index in [0.717, 1.165) is 51.4 Å². The number of ether oxygens (including phenoxy) is 2. The topological polar surface area (TPSA) is 58.9 Å². The number of aliphatic hydroxyl groups excluding tert-OH is 2. The summed E-state index contributed by atoms with van der Waals surface area (Å²) in [5.41, 5.74) is 1.56. The van der Waals surface area contributed by atoms with Crippen molar-refractivity contribution in [3.8, 4) is 33.8 Å². The molecule has 0 heterocycles. The van der Waals surface area contributed by atoms with Crippen LogP contribution in [0.3, 0.4) is 0 Å². The number of rotatable bonds is 16. The standard InChI is InChI=1S/C30H36F2O4/c31-29-27(23-9-13-25(14-10-23)35-21-7-3-1-5-19-33)17-18-28(30(29)32)24-11-15-26(16-12-24)36-22-8-4-2-6-20-34/h9-18,33-34H,1-8,19-22H2. The van der Waals surface area contributed by atoms with Crippen LogP contribution in [0.25, 0.3) is 22.3 Å². The fraction of sp³-hybridized carbons (Fsp3) is 0.400.